The summed E-state index contributed by atoms with van der Waals surface area (Å²) in [5, 5.41) is 0.834. The highest BCUT2D eigenvalue weighted by molar-refractivity contribution is 9.10. The van der Waals surface area contributed by atoms with Gasteiger partial charge in [0.1, 0.15) is 4.60 Å². The fourth-order valence-electron chi connectivity index (χ4n) is 5.05. The number of sulfone groups is 1. The summed E-state index contributed by atoms with van der Waals surface area (Å²) >= 11 is 3.45. The maximum absolute atomic E-state index is 14.0. The Kier molecular flexibility index (Phi) is 5.56. The molecule has 4 nitrogen and oxygen atoms in total. The molecule has 0 amide bonds. The van der Waals surface area contributed by atoms with E-state index in [2.05, 4.69) is 25.5 Å². The van der Waals surface area contributed by atoms with Crippen molar-refractivity contribution in [3.05, 3.63) is 70.8 Å². The summed E-state index contributed by atoms with van der Waals surface area (Å²) in [5.41, 5.74) is 3.36. The summed E-state index contributed by atoms with van der Waals surface area (Å²) in [5.74, 6) is -2.65. The fraction of sp³-hybridized carbons (Fsp3) is 0.320. The molecule has 0 bridgehead atoms. The van der Waals surface area contributed by atoms with Crippen LogP contribution in [0.25, 0.3) is 21.9 Å². The molecule has 1 unspecified atom stereocenters. The van der Waals surface area contributed by atoms with Gasteiger partial charge in [0.2, 0.25) is 5.92 Å². The van der Waals surface area contributed by atoms with Gasteiger partial charge in [0.25, 0.3) is 0 Å². The van der Waals surface area contributed by atoms with E-state index in [9.17, 15) is 17.2 Å². The molecule has 5 rings (SSSR count). The first-order valence-electron chi connectivity index (χ1n) is 10.9. The van der Waals surface area contributed by atoms with Crippen LogP contribution in [0.3, 0.4) is 0 Å². The molecule has 1 fully saturated rings. The molecule has 0 N–H and O–H groups in total. The fourth-order valence-corrected chi connectivity index (χ4v) is 6.00. The molecule has 172 valence electrons. The zero-order valence-corrected chi connectivity index (χ0v) is 20.4. The van der Waals surface area contributed by atoms with Gasteiger partial charge in [-0.25, -0.2) is 22.2 Å². The van der Waals surface area contributed by atoms with Gasteiger partial charge >= 0.3 is 0 Å². The van der Waals surface area contributed by atoms with Gasteiger partial charge in [-0.1, -0.05) is 30.3 Å². The highest BCUT2D eigenvalue weighted by Crippen LogP contribution is 2.46. The minimum Gasteiger partial charge on any atom is -0.331 e. The zero-order valence-electron chi connectivity index (χ0n) is 18.0. The molecule has 0 aliphatic heterocycles. The van der Waals surface area contributed by atoms with Crippen molar-refractivity contribution in [1.82, 2.24) is 9.55 Å². The molecule has 1 aliphatic rings. The van der Waals surface area contributed by atoms with Crippen LogP contribution in [0.5, 0.6) is 0 Å². The Morgan fingerprint density at radius 2 is 1.73 bits per heavy atom. The minimum atomic E-state index is -3.43. The molecule has 8 heteroatoms. The maximum atomic E-state index is 14.0. The van der Waals surface area contributed by atoms with Crippen molar-refractivity contribution in [2.45, 2.75) is 42.5 Å². The van der Waals surface area contributed by atoms with Crippen molar-refractivity contribution in [3.8, 4) is 0 Å². The Balaban J connectivity index is 1.81. The van der Waals surface area contributed by atoms with Crippen LogP contribution >= 0.6 is 15.9 Å². The molecule has 0 saturated heterocycles. The third-order valence-electron chi connectivity index (χ3n) is 6.64. The average Bonchev–Trinajstić information content (AvgIpc) is 3.08. The molecule has 33 heavy (non-hydrogen) atoms. The number of nitrogens with zero attached hydrogens (tertiary/aromatic N) is 2. The maximum Gasteiger partial charge on any atom is 0.248 e. The Bertz CT molecular complexity index is 1440. The number of rotatable bonds is 4. The van der Waals surface area contributed by atoms with Crippen molar-refractivity contribution >= 4 is 47.7 Å². The second-order valence-electron chi connectivity index (χ2n) is 8.87. The third kappa shape index (κ3) is 4.19. The molecule has 0 radical (unpaired) electrons. The lowest BCUT2D eigenvalue weighted by Gasteiger charge is -2.35. The minimum absolute atomic E-state index is 0.0173. The normalized spacial score (nSPS) is 18.1. The third-order valence-corrected chi connectivity index (χ3v) is 8.19. The Morgan fingerprint density at radius 3 is 2.39 bits per heavy atom. The molecular formula is C25H23BrF2N2O2S. The zero-order chi connectivity index (χ0) is 23.4. The van der Waals surface area contributed by atoms with E-state index in [1.54, 1.807) is 18.2 Å². The van der Waals surface area contributed by atoms with Gasteiger partial charge in [-0.3, -0.25) is 0 Å². The number of pyridine rings is 1. The highest BCUT2D eigenvalue weighted by Gasteiger charge is 2.39. The SMILES string of the molecule is CS(=O)(=O)c1ccc2c3nc(Br)ccc3n(C(c3ccccc3)C3CCC(F)(F)CC3)c2c1. The molecule has 4 aromatic rings. The van der Waals surface area contributed by atoms with Crippen LogP contribution in [0.1, 0.15) is 37.3 Å². The van der Waals surface area contributed by atoms with E-state index in [0.29, 0.717) is 17.4 Å². The second kappa shape index (κ2) is 8.17. The molecule has 2 aromatic heterocycles. The van der Waals surface area contributed by atoms with Crippen LogP contribution in [0.15, 0.2) is 70.2 Å². The first-order valence-corrected chi connectivity index (χ1v) is 13.6. The molecule has 2 aromatic carbocycles. The summed E-state index contributed by atoms with van der Waals surface area (Å²) in [6.45, 7) is 0. The Hall–Kier alpha value is -2.32. The van der Waals surface area contributed by atoms with E-state index < -0.39 is 15.8 Å². The number of fused-ring (bicyclic) bond motifs is 3. The smallest absolute Gasteiger partial charge is 0.248 e. The number of benzene rings is 2. The quantitative estimate of drug-likeness (QED) is 0.272. The molecule has 2 heterocycles. The van der Waals surface area contributed by atoms with Crippen molar-refractivity contribution < 1.29 is 17.2 Å². The van der Waals surface area contributed by atoms with Gasteiger partial charge < -0.3 is 4.57 Å². The van der Waals surface area contributed by atoms with Gasteiger partial charge in [-0.2, -0.15) is 0 Å². The van der Waals surface area contributed by atoms with Gasteiger partial charge in [-0.05, 0) is 70.6 Å². The lowest BCUT2D eigenvalue weighted by Crippen LogP contribution is -2.30. The number of alkyl halides is 2. The Morgan fingerprint density at radius 1 is 1.03 bits per heavy atom. The lowest BCUT2D eigenvalue weighted by atomic mass is 9.79. The molecule has 0 spiro atoms. The van der Waals surface area contributed by atoms with E-state index >= 15 is 0 Å². The first-order chi connectivity index (χ1) is 15.6. The summed E-state index contributed by atoms with van der Waals surface area (Å²) in [6.07, 6.45) is 1.69. The van der Waals surface area contributed by atoms with Gasteiger partial charge in [0.15, 0.2) is 9.84 Å². The van der Waals surface area contributed by atoms with Crippen molar-refractivity contribution in [2.75, 3.05) is 6.26 Å². The Labute approximate surface area is 199 Å². The van der Waals surface area contributed by atoms with E-state index in [-0.39, 0.29) is 29.7 Å². The predicted octanol–water partition coefficient (Wildman–Crippen LogP) is 6.77. The van der Waals surface area contributed by atoms with Crippen LogP contribution in [-0.4, -0.2) is 30.1 Å². The number of hydrogen-bond acceptors (Lipinski definition) is 3. The van der Waals surface area contributed by atoms with Crippen LogP contribution < -0.4 is 0 Å². The molecule has 1 saturated carbocycles. The highest BCUT2D eigenvalue weighted by atomic mass is 79.9. The number of halogens is 3. The topological polar surface area (TPSA) is 52.0 Å². The van der Waals surface area contributed by atoms with Gasteiger partial charge in [0.05, 0.1) is 27.5 Å². The van der Waals surface area contributed by atoms with Crippen LogP contribution in [0, 0.1) is 5.92 Å². The van der Waals surface area contributed by atoms with Crippen LogP contribution in [0.4, 0.5) is 8.78 Å². The van der Waals surface area contributed by atoms with Crippen LogP contribution in [-0.2, 0) is 9.84 Å². The predicted molar refractivity (Wildman–Crippen MR) is 130 cm³/mol. The number of aromatic nitrogens is 2. The molecule has 1 aliphatic carbocycles. The summed E-state index contributed by atoms with van der Waals surface area (Å²) in [7, 11) is -3.43. The monoisotopic (exact) mass is 532 g/mol. The standard InChI is InChI=1S/C25H23BrF2N2O2S/c1-33(31,32)18-7-8-19-21(15-18)30(20-9-10-22(26)29-23(19)20)24(16-5-3-2-4-6-16)17-11-13-25(27,28)14-12-17/h2-10,15,17,24H,11-14H2,1H3. The van der Waals surface area contributed by atoms with Gasteiger partial charge in [0, 0.05) is 24.5 Å². The summed E-state index contributed by atoms with van der Waals surface area (Å²) < 4.78 is 55.6. The van der Waals surface area contributed by atoms with Crippen molar-refractivity contribution in [3.63, 3.8) is 0 Å². The van der Waals surface area contributed by atoms with E-state index in [4.69, 9.17) is 0 Å². The molecular weight excluding hydrogens is 510 g/mol. The van der Waals surface area contributed by atoms with Gasteiger partial charge in [-0.15, -0.1) is 0 Å². The van der Waals surface area contributed by atoms with E-state index in [1.807, 2.05) is 42.5 Å². The summed E-state index contributed by atoms with van der Waals surface area (Å²) in [4.78, 5) is 4.91. The average molecular weight is 533 g/mol. The lowest BCUT2D eigenvalue weighted by molar-refractivity contribution is -0.0493. The van der Waals surface area contributed by atoms with E-state index in [0.717, 1.165) is 27.5 Å². The molecule has 1 atom stereocenters. The largest absolute Gasteiger partial charge is 0.331 e. The van der Waals surface area contributed by atoms with Crippen molar-refractivity contribution in [1.29, 1.82) is 0 Å². The first kappa shape index (κ1) is 22.5. The van der Waals surface area contributed by atoms with Crippen LogP contribution in [0.2, 0.25) is 0 Å². The summed E-state index contributed by atoms with van der Waals surface area (Å²) in [6, 6.07) is 18.5. The second-order valence-corrected chi connectivity index (χ2v) is 11.7. The van der Waals surface area contributed by atoms with Crippen molar-refractivity contribution in [2.24, 2.45) is 5.92 Å². The van der Waals surface area contributed by atoms with E-state index in [1.165, 1.54) is 6.26 Å². The number of hydrogen-bond donors (Lipinski definition) is 0.